The lowest BCUT2D eigenvalue weighted by molar-refractivity contribution is -0.140. The second-order valence-electron chi connectivity index (χ2n) is 7.39. The molecule has 1 saturated heterocycles. The first-order valence-corrected chi connectivity index (χ1v) is 9.28. The number of piperazine rings is 1. The minimum Gasteiger partial charge on any atom is -0.397 e. The van der Waals surface area contributed by atoms with Gasteiger partial charge in [-0.3, -0.25) is 14.6 Å². The third-order valence-corrected chi connectivity index (χ3v) is 4.89. The van der Waals surface area contributed by atoms with Gasteiger partial charge in [0, 0.05) is 37.0 Å². The summed E-state index contributed by atoms with van der Waals surface area (Å²) in [5.41, 5.74) is 8.95. The van der Waals surface area contributed by atoms with Crippen molar-refractivity contribution < 1.29 is 9.59 Å². The number of nitrogens with zero attached hydrogens (tertiary/aromatic N) is 3. The molecule has 2 N–H and O–H groups in total. The van der Waals surface area contributed by atoms with Gasteiger partial charge in [-0.05, 0) is 36.6 Å². The molecule has 1 aliphatic heterocycles. The molecule has 2 heterocycles. The van der Waals surface area contributed by atoms with Crippen LogP contribution in [-0.4, -0.2) is 52.3 Å². The molecule has 1 atom stereocenters. The summed E-state index contributed by atoms with van der Waals surface area (Å²) in [6.07, 6.45) is 3.30. The van der Waals surface area contributed by atoms with Gasteiger partial charge in [0.25, 0.3) is 5.91 Å². The SMILES string of the molecule is CC(C)CN1CCN(C(=O)c2ccc(-c3ccncc3N)cc2)[C@H](C)C1=O. The Morgan fingerprint density at radius 3 is 2.56 bits per heavy atom. The van der Waals surface area contributed by atoms with Crippen LogP contribution in [0.25, 0.3) is 11.1 Å². The molecule has 1 aromatic heterocycles. The maximum absolute atomic E-state index is 12.9. The number of nitrogen functional groups attached to an aromatic ring is 1. The fourth-order valence-electron chi connectivity index (χ4n) is 3.46. The second-order valence-corrected chi connectivity index (χ2v) is 7.39. The number of carbonyl (C=O) groups is 2. The molecule has 1 aromatic carbocycles. The molecule has 142 valence electrons. The molecule has 27 heavy (non-hydrogen) atoms. The minimum atomic E-state index is -0.444. The Labute approximate surface area is 160 Å². The van der Waals surface area contributed by atoms with Crippen LogP contribution >= 0.6 is 0 Å². The zero-order chi connectivity index (χ0) is 19.6. The van der Waals surface area contributed by atoms with Gasteiger partial charge < -0.3 is 15.5 Å². The number of hydrogen-bond acceptors (Lipinski definition) is 4. The minimum absolute atomic E-state index is 0.0180. The quantitative estimate of drug-likeness (QED) is 0.902. The molecule has 6 heteroatoms. The van der Waals surface area contributed by atoms with Gasteiger partial charge in [-0.25, -0.2) is 0 Å². The predicted octanol–water partition coefficient (Wildman–Crippen LogP) is 2.66. The summed E-state index contributed by atoms with van der Waals surface area (Å²) < 4.78 is 0. The molecule has 2 aromatic rings. The summed E-state index contributed by atoms with van der Waals surface area (Å²) in [6, 6.07) is 8.73. The van der Waals surface area contributed by atoms with E-state index >= 15 is 0 Å². The van der Waals surface area contributed by atoms with Crippen LogP contribution in [-0.2, 0) is 4.79 Å². The number of rotatable bonds is 4. The Morgan fingerprint density at radius 2 is 1.93 bits per heavy atom. The van der Waals surface area contributed by atoms with E-state index in [-0.39, 0.29) is 11.8 Å². The van der Waals surface area contributed by atoms with Crippen molar-refractivity contribution in [3.8, 4) is 11.1 Å². The highest BCUT2D eigenvalue weighted by atomic mass is 16.2. The van der Waals surface area contributed by atoms with Crippen LogP contribution in [0.4, 0.5) is 5.69 Å². The van der Waals surface area contributed by atoms with Crippen LogP contribution in [0.1, 0.15) is 31.1 Å². The normalized spacial score (nSPS) is 17.5. The molecule has 1 fully saturated rings. The number of pyridine rings is 1. The van der Waals surface area contributed by atoms with Crippen molar-refractivity contribution in [1.82, 2.24) is 14.8 Å². The third-order valence-electron chi connectivity index (χ3n) is 4.89. The van der Waals surface area contributed by atoms with E-state index in [0.717, 1.165) is 17.7 Å². The lowest BCUT2D eigenvalue weighted by Gasteiger charge is -2.39. The Balaban J connectivity index is 1.75. The van der Waals surface area contributed by atoms with E-state index in [9.17, 15) is 9.59 Å². The molecular formula is C21H26N4O2. The highest BCUT2D eigenvalue weighted by Gasteiger charge is 2.34. The summed E-state index contributed by atoms with van der Waals surface area (Å²) in [5, 5.41) is 0. The molecule has 0 aliphatic carbocycles. The first-order chi connectivity index (χ1) is 12.9. The smallest absolute Gasteiger partial charge is 0.254 e. The fourth-order valence-corrected chi connectivity index (χ4v) is 3.46. The number of benzene rings is 1. The van der Waals surface area contributed by atoms with Crippen LogP contribution < -0.4 is 5.73 Å². The summed E-state index contributed by atoms with van der Waals surface area (Å²) >= 11 is 0. The molecule has 0 spiro atoms. The van der Waals surface area contributed by atoms with Crippen molar-refractivity contribution in [3.63, 3.8) is 0 Å². The maximum atomic E-state index is 12.9. The van der Waals surface area contributed by atoms with Gasteiger partial charge in [0.2, 0.25) is 5.91 Å². The number of anilines is 1. The van der Waals surface area contributed by atoms with Crippen molar-refractivity contribution >= 4 is 17.5 Å². The number of carbonyl (C=O) groups excluding carboxylic acids is 2. The first kappa shape index (κ1) is 18.9. The van der Waals surface area contributed by atoms with Gasteiger partial charge in [0.05, 0.1) is 11.9 Å². The standard InChI is InChI=1S/C21H26N4O2/c1-14(2)13-24-10-11-25(15(3)20(24)26)21(27)17-6-4-16(5-7-17)18-8-9-23-12-19(18)22/h4-9,12,14-15H,10-11,13,22H2,1-3H3/t15-/m1/s1. The average molecular weight is 366 g/mol. The van der Waals surface area contributed by atoms with E-state index in [2.05, 4.69) is 18.8 Å². The highest BCUT2D eigenvalue weighted by Crippen LogP contribution is 2.25. The molecule has 6 nitrogen and oxygen atoms in total. The lowest BCUT2D eigenvalue weighted by atomic mass is 10.0. The van der Waals surface area contributed by atoms with Gasteiger partial charge in [-0.2, -0.15) is 0 Å². The van der Waals surface area contributed by atoms with E-state index in [4.69, 9.17) is 5.73 Å². The zero-order valence-corrected chi connectivity index (χ0v) is 16.1. The summed E-state index contributed by atoms with van der Waals surface area (Å²) in [5.74, 6) is 0.315. The number of hydrogen-bond donors (Lipinski definition) is 1. The molecule has 3 rings (SSSR count). The number of aromatic nitrogens is 1. The van der Waals surface area contributed by atoms with Crippen molar-refractivity contribution in [2.75, 3.05) is 25.4 Å². The van der Waals surface area contributed by atoms with E-state index < -0.39 is 6.04 Å². The van der Waals surface area contributed by atoms with Gasteiger partial charge in [-0.1, -0.05) is 26.0 Å². The third kappa shape index (κ3) is 3.94. The molecule has 1 aliphatic rings. The summed E-state index contributed by atoms with van der Waals surface area (Å²) in [7, 11) is 0. The number of nitrogens with two attached hydrogens (primary N) is 1. The van der Waals surface area contributed by atoms with Crippen LogP contribution in [0.2, 0.25) is 0 Å². The molecule has 0 bridgehead atoms. The topological polar surface area (TPSA) is 79.5 Å². The maximum Gasteiger partial charge on any atom is 0.254 e. The van der Waals surface area contributed by atoms with Crippen molar-refractivity contribution in [2.45, 2.75) is 26.8 Å². The molecular weight excluding hydrogens is 340 g/mol. The van der Waals surface area contributed by atoms with Crippen LogP contribution in [0.15, 0.2) is 42.7 Å². The highest BCUT2D eigenvalue weighted by molar-refractivity contribution is 5.98. The Hall–Kier alpha value is -2.89. The van der Waals surface area contributed by atoms with Crippen molar-refractivity contribution in [2.24, 2.45) is 5.92 Å². The van der Waals surface area contributed by atoms with Crippen LogP contribution in [0.3, 0.4) is 0 Å². The molecule has 0 saturated carbocycles. The van der Waals surface area contributed by atoms with E-state index in [1.165, 1.54) is 0 Å². The van der Waals surface area contributed by atoms with Crippen LogP contribution in [0, 0.1) is 5.92 Å². The summed E-state index contributed by atoms with van der Waals surface area (Å²) in [6.45, 7) is 7.85. The van der Waals surface area contributed by atoms with Gasteiger partial charge in [0.1, 0.15) is 6.04 Å². The van der Waals surface area contributed by atoms with Crippen molar-refractivity contribution in [3.05, 3.63) is 48.3 Å². The monoisotopic (exact) mass is 366 g/mol. The fraction of sp³-hybridized carbons (Fsp3) is 0.381. The predicted molar refractivity (Wildman–Crippen MR) is 106 cm³/mol. The molecule has 0 unspecified atom stereocenters. The second kappa shape index (κ2) is 7.78. The van der Waals surface area contributed by atoms with E-state index in [1.54, 1.807) is 36.4 Å². The Morgan fingerprint density at radius 1 is 1.22 bits per heavy atom. The first-order valence-electron chi connectivity index (χ1n) is 9.28. The zero-order valence-electron chi connectivity index (χ0n) is 16.1. The van der Waals surface area contributed by atoms with Crippen LogP contribution in [0.5, 0.6) is 0 Å². The molecule has 0 radical (unpaired) electrons. The Bertz CT molecular complexity index is 832. The largest absolute Gasteiger partial charge is 0.397 e. The van der Waals surface area contributed by atoms with E-state index in [1.807, 2.05) is 23.1 Å². The molecule has 2 amide bonds. The van der Waals surface area contributed by atoms with Crippen molar-refractivity contribution in [1.29, 1.82) is 0 Å². The lowest BCUT2D eigenvalue weighted by Crippen LogP contribution is -2.58. The average Bonchev–Trinajstić information content (AvgIpc) is 2.65. The van der Waals surface area contributed by atoms with Gasteiger partial charge in [0.15, 0.2) is 0 Å². The van der Waals surface area contributed by atoms with E-state index in [0.29, 0.717) is 30.3 Å². The number of amides is 2. The van der Waals surface area contributed by atoms with Gasteiger partial charge >= 0.3 is 0 Å². The summed E-state index contributed by atoms with van der Waals surface area (Å²) in [4.78, 5) is 33.0. The van der Waals surface area contributed by atoms with Gasteiger partial charge in [-0.15, -0.1) is 0 Å². The Kier molecular flexibility index (Phi) is 5.44.